The van der Waals surface area contributed by atoms with Gasteiger partial charge < -0.3 is 0 Å². The molecule has 0 unspecified atom stereocenters. The first-order valence-electron chi connectivity index (χ1n) is 4.24. The molecule has 0 bridgehead atoms. The van der Waals surface area contributed by atoms with Gasteiger partial charge in [0, 0.05) is 0 Å². The lowest BCUT2D eigenvalue weighted by atomic mass is 10.1. The Morgan fingerprint density at radius 1 is 1.60 bits per heavy atom. The van der Waals surface area contributed by atoms with Crippen LogP contribution < -0.4 is 4.72 Å². The second-order valence-corrected chi connectivity index (χ2v) is 5.35. The van der Waals surface area contributed by atoms with Crippen molar-refractivity contribution in [1.29, 1.82) is 5.26 Å². The maximum absolute atomic E-state index is 11.8. The zero-order valence-corrected chi connectivity index (χ0v) is 9.51. The first-order chi connectivity index (χ1) is 6.78. The van der Waals surface area contributed by atoms with Crippen LogP contribution in [0.2, 0.25) is 0 Å². The molecule has 0 saturated heterocycles. The molecular weight excluding hydrogens is 216 g/mol. The number of nitriles is 1. The van der Waals surface area contributed by atoms with Crippen molar-refractivity contribution in [2.75, 3.05) is 0 Å². The number of H-pyrrole nitrogens is 1. The topological polar surface area (TPSA) is 98.6 Å². The van der Waals surface area contributed by atoms with Crippen molar-refractivity contribution in [2.24, 2.45) is 0 Å². The number of nitrogens with zero attached hydrogens (tertiary/aromatic N) is 2. The van der Waals surface area contributed by atoms with Gasteiger partial charge >= 0.3 is 0 Å². The molecule has 0 amide bonds. The molecule has 2 N–H and O–H groups in total. The monoisotopic (exact) mass is 228 g/mol. The van der Waals surface area contributed by atoms with Gasteiger partial charge in [0.25, 0.3) is 0 Å². The molecule has 7 heteroatoms. The average Bonchev–Trinajstić information content (AvgIpc) is 2.50. The van der Waals surface area contributed by atoms with Crippen molar-refractivity contribution in [2.45, 2.75) is 31.2 Å². The first-order valence-corrected chi connectivity index (χ1v) is 5.72. The maximum atomic E-state index is 11.8. The van der Waals surface area contributed by atoms with Crippen LogP contribution in [0.25, 0.3) is 0 Å². The fraction of sp³-hybridized carbons (Fsp3) is 0.500. The van der Waals surface area contributed by atoms with E-state index in [0.29, 0.717) is 5.69 Å². The number of aryl methyl sites for hydroxylation is 1. The van der Waals surface area contributed by atoms with E-state index in [2.05, 4.69) is 14.9 Å². The largest absolute Gasteiger partial charge is 0.281 e. The standard InChI is InChI=1S/C8H12N4O2S/c1-6-7(4-10-11-6)15(13,14)12-8(2,3)5-9/h4,12H,1-3H3,(H,10,11). The molecule has 0 aromatic carbocycles. The van der Waals surface area contributed by atoms with Crippen LogP contribution in [0.4, 0.5) is 0 Å². The van der Waals surface area contributed by atoms with Crippen molar-refractivity contribution in [3.8, 4) is 6.07 Å². The van der Waals surface area contributed by atoms with Crippen LogP contribution in [0.3, 0.4) is 0 Å². The lowest BCUT2D eigenvalue weighted by Gasteiger charge is -2.16. The quantitative estimate of drug-likeness (QED) is 0.777. The Labute approximate surface area is 88.4 Å². The minimum Gasteiger partial charge on any atom is -0.281 e. The van der Waals surface area contributed by atoms with Crippen LogP contribution in [0.1, 0.15) is 19.5 Å². The Bertz CT molecular complexity index is 495. The molecule has 0 saturated carbocycles. The van der Waals surface area contributed by atoms with Crippen LogP contribution in [-0.2, 0) is 10.0 Å². The van der Waals surface area contributed by atoms with E-state index < -0.39 is 15.6 Å². The molecule has 0 spiro atoms. The third kappa shape index (κ3) is 2.55. The SMILES string of the molecule is Cc1[nH]ncc1S(=O)(=O)NC(C)(C)C#N. The minimum atomic E-state index is -3.68. The maximum Gasteiger partial charge on any atom is 0.245 e. The Morgan fingerprint density at radius 3 is 2.60 bits per heavy atom. The highest BCUT2D eigenvalue weighted by molar-refractivity contribution is 7.89. The van der Waals surface area contributed by atoms with Gasteiger partial charge in [-0.3, -0.25) is 5.10 Å². The van der Waals surface area contributed by atoms with Gasteiger partial charge in [0.1, 0.15) is 10.4 Å². The molecule has 1 heterocycles. The summed E-state index contributed by atoms with van der Waals surface area (Å²) in [6, 6.07) is 1.86. The Kier molecular flexibility index (Phi) is 2.83. The molecule has 0 aliphatic heterocycles. The highest BCUT2D eigenvalue weighted by Gasteiger charge is 2.27. The normalized spacial score (nSPS) is 12.4. The van der Waals surface area contributed by atoms with Gasteiger partial charge in [0.2, 0.25) is 10.0 Å². The lowest BCUT2D eigenvalue weighted by Crippen LogP contribution is -2.42. The molecule has 0 aliphatic rings. The third-order valence-electron chi connectivity index (χ3n) is 1.74. The number of aromatic nitrogens is 2. The predicted molar refractivity (Wildman–Crippen MR) is 53.3 cm³/mol. The summed E-state index contributed by atoms with van der Waals surface area (Å²) < 4.78 is 25.8. The van der Waals surface area contributed by atoms with Gasteiger partial charge in [0.05, 0.1) is 18.0 Å². The summed E-state index contributed by atoms with van der Waals surface area (Å²) in [6.07, 6.45) is 1.21. The summed E-state index contributed by atoms with van der Waals surface area (Å²) in [7, 11) is -3.68. The average molecular weight is 228 g/mol. The van der Waals surface area contributed by atoms with Crippen LogP contribution in [0, 0.1) is 18.3 Å². The molecular formula is C8H12N4O2S. The van der Waals surface area contributed by atoms with Crippen LogP contribution >= 0.6 is 0 Å². The number of rotatable bonds is 3. The fourth-order valence-corrected chi connectivity index (χ4v) is 2.49. The van der Waals surface area contributed by atoms with Crippen molar-refractivity contribution in [3.05, 3.63) is 11.9 Å². The molecule has 15 heavy (non-hydrogen) atoms. The Morgan fingerprint density at radius 2 is 2.20 bits per heavy atom. The second kappa shape index (κ2) is 3.64. The zero-order valence-electron chi connectivity index (χ0n) is 8.70. The summed E-state index contributed by atoms with van der Waals surface area (Å²) in [4.78, 5) is 0.0609. The number of hydrogen-bond acceptors (Lipinski definition) is 4. The summed E-state index contributed by atoms with van der Waals surface area (Å²) >= 11 is 0. The number of hydrogen-bond donors (Lipinski definition) is 2. The van der Waals surface area contributed by atoms with Crippen LogP contribution in [0.15, 0.2) is 11.1 Å². The van der Waals surface area contributed by atoms with E-state index in [1.165, 1.54) is 20.0 Å². The molecule has 82 valence electrons. The van der Waals surface area contributed by atoms with E-state index in [1.807, 2.05) is 6.07 Å². The number of aromatic amines is 1. The highest BCUT2D eigenvalue weighted by atomic mass is 32.2. The summed E-state index contributed by atoms with van der Waals surface area (Å²) in [5, 5.41) is 14.9. The van der Waals surface area contributed by atoms with E-state index in [-0.39, 0.29) is 4.90 Å². The Hall–Kier alpha value is -1.39. The van der Waals surface area contributed by atoms with E-state index >= 15 is 0 Å². The lowest BCUT2D eigenvalue weighted by molar-refractivity contribution is 0.535. The number of nitrogens with one attached hydrogen (secondary N) is 2. The highest BCUT2D eigenvalue weighted by Crippen LogP contribution is 2.14. The third-order valence-corrected chi connectivity index (χ3v) is 3.51. The number of sulfonamides is 1. The van der Waals surface area contributed by atoms with E-state index in [1.54, 1.807) is 6.92 Å². The second-order valence-electron chi connectivity index (χ2n) is 3.70. The first kappa shape index (κ1) is 11.7. The van der Waals surface area contributed by atoms with Crippen LogP contribution in [0.5, 0.6) is 0 Å². The van der Waals surface area contributed by atoms with E-state index in [0.717, 1.165) is 0 Å². The smallest absolute Gasteiger partial charge is 0.245 e. The minimum absolute atomic E-state index is 0.0609. The molecule has 0 atom stereocenters. The Balaban J connectivity index is 3.08. The molecule has 0 aliphatic carbocycles. The molecule has 6 nitrogen and oxygen atoms in total. The van der Waals surface area contributed by atoms with Crippen molar-refractivity contribution >= 4 is 10.0 Å². The van der Waals surface area contributed by atoms with Gasteiger partial charge in [-0.15, -0.1) is 0 Å². The molecule has 1 aromatic rings. The van der Waals surface area contributed by atoms with Gasteiger partial charge in [-0.2, -0.15) is 15.1 Å². The molecule has 1 rings (SSSR count). The predicted octanol–water partition coefficient (Wildman–Crippen LogP) is 0.299. The van der Waals surface area contributed by atoms with Crippen LogP contribution in [-0.4, -0.2) is 24.2 Å². The van der Waals surface area contributed by atoms with Gasteiger partial charge in [-0.05, 0) is 20.8 Å². The van der Waals surface area contributed by atoms with Gasteiger partial charge in [-0.1, -0.05) is 0 Å². The van der Waals surface area contributed by atoms with E-state index in [4.69, 9.17) is 5.26 Å². The summed E-state index contributed by atoms with van der Waals surface area (Å²) in [6.45, 7) is 4.57. The summed E-state index contributed by atoms with van der Waals surface area (Å²) in [5.74, 6) is 0. The molecule has 0 fully saturated rings. The van der Waals surface area contributed by atoms with Crippen molar-refractivity contribution < 1.29 is 8.42 Å². The van der Waals surface area contributed by atoms with Crippen molar-refractivity contribution in [3.63, 3.8) is 0 Å². The fourth-order valence-electron chi connectivity index (χ4n) is 1.02. The summed E-state index contributed by atoms with van der Waals surface area (Å²) in [5.41, 5.74) is -0.695. The zero-order chi connectivity index (χ0) is 11.7. The van der Waals surface area contributed by atoms with Gasteiger partial charge in [0.15, 0.2) is 0 Å². The van der Waals surface area contributed by atoms with Gasteiger partial charge in [-0.25, -0.2) is 8.42 Å². The van der Waals surface area contributed by atoms with Crippen molar-refractivity contribution in [1.82, 2.24) is 14.9 Å². The van der Waals surface area contributed by atoms with E-state index in [9.17, 15) is 8.42 Å². The molecule has 1 aromatic heterocycles. The molecule has 0 radical (unpaired) electrons.